The Hall–Kier alpha value is -3.87. The zero-order chi connectivity index (χ0) is 24.1. The second kappa shape index (κ2) is 13.5. The van der Waals surface area contributed by atoms with Crippen LogP contribution in [0.5, 0.6) is 5.75 Å². The number of carbonyl (C=O) groups excluding carboxylic acids is 1. The van der Waals surface area contributed by atoms with Crippen molar-refractivity contribution in [3.63, 3.8) is 0 Å². The van der Waals surface area contributed by atoms with E-state index in [0.29, 0.717) is 35.4 Å². The molecule has 0 fully saturated rings. The summed E-state index contributed by atoms with van der Waals surface area (Å²) in [5, 5.41) is 29.4. The lowest BCUT2D eigenvalue weighted by Gasteiger charge is -2.27. The van der Waals surface area contributed by atoms with E-state index in [4.69, 9.17) is 29.7 Å². The van der Waals surface area contributed by atoms with E-state index in [1.165, 1.54) is 13.2 Å². The second-order valence-electron chi connectivity index (χ2n) is 6.84. The number of benzene rings is 2. The predicted molar refractivity (Wildman–Crippen MR) is 120 cm³/mol. The van der Waals surface area contributed by atoms with E-state index in [2.05, 4.69) is 5.32 Å². The number of aliphatic hydroxyl groups excluding tert-OH is 1. The first-order valence-corrected chi connectivity index (χ1v) is 10.2. The lowest BCUT2D eigenvalue weighted by Crippen LogP contribution is -2.28. The molecule has 9 nitrogen and oxygen atoms in total. The maximum Gasteiger partial charge on any atom is 0.412 e. The Labute approximate surface area is 191 Å². The van der Waals surface area contributed by atoms with Gasteiger partial charge in [-0.05, 0) is 43.2 Å². The summed E-state index contributed by atoms with van der Waals surface area (Å²) in [6.07, 6.45) is 1.03. The van der Waals surface area contributed by atoms with E-state index >= 15 is 0 Å². The highest BCUT2D eigenvalue weighted by Crippen LogP contribution is 2.33. The van der Waals surface area contributed by atoms with Crippen LogP contribution < -0.4 is 10.1 Å². The number of hydrogen-bond donors (Lipinski definition) is 3. The zero-order valence-electron chi connectivity index (χ0n) is 18.1. The number of rotatable bonds is 12. The molecule has 0 aliphatic heterocycles. The van der Waals surface area contributed by atoms with Gasteiger partial charge in [0.2, 0.25) is 0 Å². The quantitative estimate of drug-likeness (QED) is 0.413. The van der Waals surface area contributed by atoms with Crippen LogP contribution in [0.1, 0.15) is 30.1 Å². The molecule has 2 rings (SSSR count). The van der Waals surface area contributed by atoms with Crippen molar-refractivity contribution in [2.24, 2.45) is 0 Å². The molecular weight excluding hydrogens is 428 g/mol. The van der Waals surface area contributed by atoms with Gasteiger partial charge in [0, 0.05) is 24.4 Å². The number of anilines is 1. The number of nitrogens with zero attached hydrogens (tertiary/aromatic N) is 1. The van der Waals surface area contributed by atoms with E-state index < -0.39 is 24.3 Å². The van der Waals surface area contributed by atoms with Crippen molar-refractivity contribution >= 4 is 17.7 Å². The Morgan fingerprint density at radius 2 is 1.91 bits per heavy atom. The highest BCUT2D eigenvalue weighted by atomic mass is 16.6. The number of nitriles is 1. The fraction of sp³-hybridized carbons (Fsp3) is 0.292. The van der Waals surface area contributed by atoms with Crippen LogP contribution in [0.3, 0.4) is 0 Å². The molecule has 2 aromatic rings. The van der Waals surface area contributed by atoms with Crippen LogP contribution in [0, 0.1) is 11.3 Å². The minimum absolute atomic E-state index is 0.0557. The number of amides is 1. The minimum atomic E-state index is -1.05. The minimum Gasteiger partial charge on any atom is -0.491 e. The van der Waals surface area contributed by atoms with Gasteiger partial charge in [-0.15, -0.1) is 0 Å². The van der Waals surface area contributed by atoms with Crippen molar-refractivity contribution in [2.45, 2.75) is 25.0 Å². The summed E-state index contributed by atoms with van der Waals surface area (Å²) in [4.78, 5) is 23.4. The maximum atomic E-state index is 12.7. The number of carboxylic acid groups (broad SMARTS) is 1. The molecule has 0 bridgehead atoms. The van der Waals surface area contributed by atoms with Gasteiger partial charge in [-0.1, -0.05) is 24.3 Å². The normalized spacial score (nSPS) is 12.5. The fourth-order valence-electron chi connectivity index (χ4n) is 3.07. The van der Waals surface area contributed by atoms with Gasteiger partial charge in [0.15, 0.2) is 6.10 Å². The maximum absolute atomic E-state index is 12.7. The molecule has 9 heteroatoms. The number of aliphatic hydroxyl groups is 1. The van der Waals surface area contributed by atoms with Crippen LogP contribution in [0.25, 0.3) is 0 Å². The van der Waals surface area contributed by atoms with Crippen molar-refractivity contribution in [3.8, 4) is 11.8 Å². The van der Waals surface area contributed by atoms with Gasteiger partial charge >= 0.3 is 12.1 Å². The van der Waals surface area contributed by atoms with Crippen LogP contribution in [-0.2, 0) is 14.3 Å². The Kier molecular flexibility index (Phi) is 10.4. The molecule has 0 aromatic heterocycles. The Bertz CT molecular complexity index is 983. The molecule has 0 saturated heterocycles. The molecule has 0 heterocycles. The molecule has 1 amide bonds. The fourth-order valence-corrected chi connectivity index (χ4v) is 3.07. The molecule has 0 spiro atoms. The third kappa shape index (κ3) is 8.29. The number of aliphatic carboxylic acids is 1. The first-order chi connectivity index (χ1) is 16.0. The average molecular weight is 454 g/mol. The average Bonchev–Trinajstić information content (AvgIpc) is 2.82. The molecule has 2 aromatic carbocycles. The van der Waals surface area contributed by atoms with Crippen molar-refractivity contribution in [2.75, 3.05) is 25.6 Å². The summed E-state index contributed by atoms with van der Waals surface area (Å²) in [5.74, 6) is -0.632. The summed E-state index contributed by atoms with van der Waals surface area (Å²) >= 11 is 0. The van der Waals surface area contributed by atoms with Gasteiger partial charge in [0.1, 0.15) is 12.4 Å². The molecule has 0 unspecified atom stereocenters. The summed E-state index contributed by atoms with van der Waals surface area (Å²) < 4.78 is 16.9. The lowest BCUT2D eigenvalue weighted by atomic mass is 9.99. The van der Waals surface area contributed by atoms with E-state index in [1.54, 1.807) is 48.5 Å². The third-order valence-corrected chi connectivity index (χ3v) is 4.59. The number of carboxylic acids is 1. The number of nitrogens with one attached hydrogen (secondary N) is 1. The molecule has 174 valence electrons. The van der Waals surface area contributed by atoms with E-state index in [9.17, 15) is 9.59 Å². The summed E-state index contributed by atoms with van der Waals surface area (Å²) in [6, 6.07) is 15.2. The zero-order valence-corrected chi connectivity index (χ0v) is 18.1. The molecule has 2 atom stereocenters. The SMILES string of the molecule is CO[C@@H](CC/C=C/C(=O)O)[C@@H](OC(=O)Nc1ccc(C#N)cc1)c1ccccc1OCCO. The third-order valence-electron chi connectivity index (χ3n) is 4.59. The number of allylic oxidation sites excluding steroid dienone is 1. The second-order valence-corrected chi connectivity index (χ2v) is 6.84. The van der Waals surface area contributed by atoms with Gasteiger partial charge in [-0.3, -0.25) is 5.32 Å². The topological polar surface area (TPSA) is 138 Å². The Morgan fingerprint density at radius 1 is 1.18 bits per heavy atom. The van der Waals surface area contributed by atoms with Crippen LogP contribution in [0.4, 0.5) is 10.5 Å². The van der Waals surface area contributed by atoms with Gasteiger partial charge in [0.05, 0.1) is 24.3 Å². The number of ether oxygens (including phenoxy) is 3. The van der Waals surface area contributed by atoms with Crippen LogP contribution >= 0.6 is 0 Å². The van der Waals surface area contributed by atoms with Crippen LogP contribution in [0.15, 0.2) is 60.7 Å². The van der Waals surface area contributed by atoms with Gasteiger partial charge in [0.25, 0.3) is 0 Å². The molecule has 0 aliphatic rings. The predicted octanol–water partition coefficient (Wildman–Crippen LogP) is 3.66. The Balaban J connectivity index is 2.26. The standard InChI is InChI=1S/C24H26N2O7/c1-31-21(8-4-5-9-22(28)29)23(19-6-2-3-7-20(19)32-15-14-27)33-24(30)26-18-12-10-17(16-25)11-13-18/h2-3,5-7,9-13,21,23,27H,4,8,14-15H2,1H3,(H,26,30)(H,28,29)/b9-5+/t21-,23-/m0/s1. The molecule has 3 N–H and O–H groups in total. The molecule has 0 aliphatic carbocycles. The van der Waals surface area contributed by atoms with Gasteiger partial charge in [-0.25, -0.2) is 9.59 Å². The van der Waals surface area contributed by atoms with Crippen molar-refractivity contribution in [3.05, 3.63) is 71.8 Å². The smallest absolute Gasteiger partial charge is 0.412 e. The van der Waals surface area contributed by atoms with Gasteiger partial charge < -0.3 is 24.4 Å². The first kappa shape index (κ1) is 25.4. The van der Waals surface area contributed by atoms with Crippen molar-refractivity contribution in [1.82, 2.24) is 0 Å². The summed E-state index contributed by atoms with van der Waals surface area (Å²) in [6.45, 7) is -0.132. The first-order valence-electron chi connectivity index (χ1n) is 10.2. The molecule has 0 saturated carbocycles. The highest BCUT2D eigenvalue weighted by Gasteiger charge is 2.29. The Morgan fingerprint density at radius 3 is 2.55 bits per heavy atom. The van der Waals surface area contributed by atoms with Gasteiger partial charge in [-0.2, -0.15) is 5.26 Å². The largest absolute Gasteiger partial charge is 0.491 e. The van der Waals surface area contributed by atoms with E-state index in [-0.39, 0.29) is 13.2 Å². The van der Waals surface area contributed by atoms with Crippen molar-refractivity contribution < 1.29 is 34.0 Å². The summed E-state index contributed by atoms with van der Waals surface area (Å²) in [7, 11) is 1.47. The lowest BCUT2D eigenvalue weighted by molar-refractivity contribution is -0.131. The van der Waals surface area contributed by atoms with E-state index in [1.807, 2.05) is 6.07 Å². The van der Waals surface area contributed by atoms with E-state index in [0.717, 1.165) is 6.08 Å². The number of methoxy groups -OCH3 is 1. The summed E-state index contributed by atoms with van der Waals surface area (Å²) in [5.41, 5.74) is 1.44. The van der Waals surface area contributed by atoms with Crippen molar-refractivity contribution in [1.29, 1.82) is 5.26 Å². The monoisotopic (exact) mass is 454 g/mol. The highest BCUT2D eigenvalue weighted by molar-refractivity contribution is 5.84. The number of para-hydroxylation sites is 1. The number of carbonyl (C=O) groups is 2. The van der Waals surface area contributed by atoms with Crippen LogP contribution in [0.2, 0.25) is 0 Å². The van der Waals surface area contributed by atoms with Crippen LogP contribution in [-0.4, -0.2) is 48.7 Å². The number of hydrogen-bond acceptors (Lipinski definition) is 7. The molecular formula is C24H26N2O7. The molecule has 33 heavy (non-hydrogen) atoms. The molecule has 0 radical (unpaired) electrons.